The molecule has 0 bridgehead atoms. The fourth-order valence-electron chi connectivity index (χ4n) is 1.97. The molecule has 4 nitrogen and oxygen atoms in total. The van der Waals surface area contributed by atoms with Gasteiger partial charge in [0.05, 0.1) is 5.56 Å². The van der Waals surface area contributed by atoms with Crippen LogP contribution in [0.1, 0.15) is 17.3 Å². The second-order valence-corrected chi connectivity index (χ2v) is 4.23. The molecule has 0 fully saturated rings. The topological polar surface area (TPSA) is 72.3 Å². The standard InChI is InChI=1S/C15H17N3O/c1-2-18(12-6-4-3-5-7-12)15(19)13-9-8-11(16)10-14(13)17/h3-10H,2,16-17H2,1H3. The van der Waals surface area contributed by atoms with E-state index in [9.17, 15) is 4.79 Å². The lowest BCUT2D eigenvalue weighted by atomic mass is 10.1. The van der Waals surface area contributed by atoms with Crippen molar-refractivity contribution in [3.05, 3.63) is 54.1 Å². The zero-order valence-corrected chi connectivity index (χ0v) is 10.8. The Kier molecular flexibility index (Phi) is 3.71. The quantitative estimate of drug-likeness (QED) is 0.828. The summed E-state index contributed by atoms with van der Waals surface area (Å²) in [6.07, 6.45) is 0. The fraction of sp³-hybridized carbons (Fsp3) is 0.133. The molecule has 0 radical (unpaired) electrons. The highest BCUT2D eigenvalue weighted by Crippen LogP contribution is 2.21. The molecule has 4 N–H and O–H groups in total. The smallest absolute Gasteiger partial charge is 0.260 e. The van der Waals surface area contributed by atoms with E-state index >= 15 is 0 Å². The number of hydrogen-bond donors (Lipinski definition) is 2. The van der Waals surface area contributed by atoms with Crippen LogP contribution in [0.3, 0.4) is 0 Å². The number of benzene rings is 2. The Bertz CT molecular complexity index is 581. The van der Waals surface area contributed by atoms with Gasteiger partial charge in [-0.2, -0.15) is 0 Å². The molecule has 19 heavy (non-hydrogen) atoms. The predicted octanol–water partition coefficient (Wildman–Crippen LogP) is 2.52. The first-order valence-corrected chi connectivity index (χ1v) is 6.15. The summed E-state index contributed by atoms with van der Waals surface area (Å²) < 4.78 is 0. The van der Waals surface area contributed by atoms with Crippen LogP contribution in [0.4, 0.5) is 17.1 Å². The van der Waals surface area contributed by atoms with Crippen LogP contribution in [-0.4, -0.2) is 12.5 Å². The summed E-state index contributed by atoms with van der Waals surface area (Å²) in [6, 6.07) is 14.5. The van der Waals surface area contributed by atoms with E-state index in [1.807, 2.05) is 37.3 Å². The van der Waals surface area contributed by atoms with Gasteiger partial charge in [-0.15, -0.1) is 0 Å². The van der Waals surface area contributed by atoms with Crippen molar-refractivity contribution in [3.63, 3.8) is 0 Å². The molecule has 2 aromatic carbocycles. The van der Waals surface area contributed by atoms with E-state index in [1.165, 1.54) is 0 Å². The van der Waals surface area contributed by atoms with E-state index in [-0.39, 0.29) is 5.91 Å². The number of carbonyl (C=O) groups excluding carboxylic acids is 1. The first-order valence-electron chi connectivity index (χ1n) is 6.15. The molecule has 0 aliphatic carbocycles. The third kappa shape index (κ3) is 2.68. The lowest BCUT2D eigenvalue weighted by molar-refractivity contribution is 0.0989. The van der Waals surface area contributed by atoms with Crippen molar-refractivity contribution in [1.82, 2.24) is 0 Å². The van der Waals surface area contributed by atoms with Crippen molar-refractivity contribution < 1.29 is 4.79 Å². The lowest BCUT2D eigenvalue weighted by Gasteiger charge is -2.21. The highest BCUT2D eigenvalue weighted by molar-refractivity contribution is 6.09. The van der Waals surface area contributed by atoms with Gasteiger partial charge in [0.1, 0.15) is 0 Å². The fourth-order valence-corrected chi connectivity index (χ4v) is 1.97. The Balaban J connectivity index is 2.36. The minimum atomic E-state index is -0.119. The number of nitrogen functional groups attached to an aromatic ring is 2. The Morgan fingerprint density at radius 1 is 1.11 bits per heavy atom. The van der Waals surface area contributed by atoms with Gasteiger partial charge in [0.25, 0.3) is 5.91 Å². The average molecular weight is 255 g/mol. The molecule has 0 heterocycles. The molecule has 0 aromatic heterocycles. The van der Waals surface area contributed by atoms with Crippen LogP contribution in [0.2, 0.25) is 0 Å². The van der Waals surface area contributed by atoms with E-state index in [0.29, 0.717) is 23.5 Å². The Morgan fingerprint density at radius 3 is 2.37 bits per heavy atom. The van der Waals surface area contributed by atoms with E-state index in [0.717, 1.165) is 5.69 Å². The summed E-state index contributed by atoms with van der Waals surface area (Å²) in [5, 5.41) is 0. The largest absolute Gasteiger partial charge is 0.399 e. The van der Waals surface area contributed by atoms with Crippen molar-refractivity contribution in [2.75, 3.05) is 22.9 Å². The van der Waals surface area contributed by atoms with Gasteiger partial charge < -0.3 is 16.4 Å². The van der Waals surface area contributed by atoms with Crippen LogP contribution in [0.15, 0.2) is 48.5 Å². The molecule has 1 amide bonds. The number of para-hydroxylation sites is 1. The van der Waals surface area contributed by atoms with Gasteiger partial charge >= 0.3 is 0 Å². The van der Waals surface area contributed by atoms with Gasteiger partial charge in [0, 0.05) is 23.6 Å². The van der Waals surface area contributed by atoms with Crippen LogP contribution in [0.25, 0.3) is 0 Å². The van der Waals surface area contributed by atoms with E-state index in [2.05, 4.69) is 0 Å². The molecule has 4 heteroatoms. The summed E-state index contributed by atoms with van der Waals surface area (Å²) in [4.78, 5) is 14.2. The number of nitrogens with zero attached hydrogens (tertiary/aromatic N) is 1. The zero-order chi connectivity index (χ0) is 13.8. The third-order valence-electron chi connectivity index (χ3n) is 2.94. The normalized spacial score (nSPS) is 10.2. The van der Waals surface area contributed by atoms with Crippen molar-refractivity contribution in [2.45, 2.75) is 6.92 Å². The lowest BCUT2D eigenvalue weighted by Crippen LogP contribution is -2.31. The average Bonchev–Trinajstić information content (AvgIpc) is 2.40. The maximum absolute atomic E-state index is 12.5. The maximum Gasteiger partial charge on any atom is 0.260 e. The molecule has 2 aromatic rings. The Morgan fingerprint density at radius 2 is 1.79 bits per heavy atom. The number of nitrogens with two attached hydrogens (primary N) is 2. The van der Waals surface area contributed by atoms with E-state index in [4.69, 9.17) is 11.5 Å². The molecule has 0 saturated heterocycles. The number of hydrogen-bond acceptors (Lipinski definition) is 3. The van der Waals surface area contributed by atoms with Crippen molar-refractivity contribution in [2.24, 2.45) is 0 Å². The minimum Gasteiger partial charge on any atom is -0.399 e. The maximum atomic E-state index is 12.5. The summed E-state index contributed by atoms with van der Waals surface area (Å²) in [5.74, 6) is -0.119. The van der Waals surface area contributed by atoms with Crippen LogP contribution in [0.5, 0.6) is 0 Å². The zero-order valence-electron chi connectivity index (χ0n) is 10.8. The van der Waals surface area contributed by atoms with Crippen molar-refractivity contribution >= 4 is 23.0 Å². The Labute approximate surface area is 112 Å². The SMILES string of the molecule is CCN(C(=O)c1ccc(N)cc1N)c1ccccc1. The van der Waals surface area contributed by atoms with Crippen LogP contribution in [-0.2, 0) is 0 Å². The predicted molar refractivity (Wildman–Crippen MR) is 79.1 cm³/mol. The van der Waals surface area contributed by atoms with Gasteiger partial charge in [-0.3, -0.25) is 4.79 Å². The molecular weight excluding hydrogens is 238 g/mol. The van der Waals surface area contributed by atoms with Gasteiger partial charge in [-0.1, -0.05) is 18.2 Å². The first-order chi connectivity index (χ1) is 9.13. The summed E-state index contributed by atoms with van der Waals surface area (Å²) in [7, 11) is 0. The van der Waals surface area contributed by atoms with Crippen LogP contribution >= 0.6 is 0 Å². The molecule has 98 valence electrons. The summed E-state index contributed by atoms with van der Waals surface area (Å²) in [5.41, 5.74) is 13.8. The highest BCUT2D eigenvalue weighted by Gasteiger charge is 2.18. The van der Waals surface area contributed by atoms with Gasteiger partial charge in [0.2, 0.25) is 0 Å². The molecule has 0 spiro atoms. The molecule has 0 saturated carbocycles. The first kappa shape index (κ1) is 13.0. The van der Waals surface area contributed by atoms with Crippen LogP contribution in [0, 0.1) is 0 Å². The van der Waals surface area contributed by atoms with Crippen molar-refractivity contribution in [1.29, 1.82) is 0 Å². The monoisotopic (exact) mass is 255 g/mol. The Hall–Kier alpha value is -2.49. The number of amides is 1. The summed E-state index contributed by atoms with van der Waals surface area (Å²) in [6.45, 7) is 2.51. The second kappa shape index (κ2) is 5.44. The third-order valence-corrected chi connectivity index (χ3v) is 2.94. The molecule has 0 aliphatic rings. The van der Waals surface area contributed by atoms with E-state index < -0.39 is 0 Å². The van der Waals surface area contributed by atoms with Gasteiger partial charge in [0.15, 0.2) is 0 Å². The molecule has 0 aliphatic heterocycles. The minimum absolute atomic E-state index is 0.119. The second-order valence-electron chi connectivity index (χ2n) is 4.23. The van der Waals surface area contributed by atoms with Gasteiger partial charge in [-0.25, -0.2) is 0 Å². The van der Waals surface area contributed by atoms with E-state index in [1.54, 1.807) is 23.1 Å². The molecule has 2 rings (SSSR count). The number of anilines is 3. The molecular formula is C15H17N3O. The highest BCUT2D eigenvalue weighted by atomic mass is 16.2. The van der Waals surface area contributed by atoms with Gasteiger partial charge in [-0.05, 0) is 37.3 Å². The number of rotatable bonds is 3. The van der Waals surface area contributed by atoms with Crippen LogP contribution < -0.4 is 16.4 Å². The number of carbonyl (C=O) groups is 1. The molecule has 0 atom stereocenters. The van der Waals surface area contributed by atoms with Crippen molar-refractivity contribution in [3.8, 4) is 0 Å². The summed E-state index contributed by atoms with van der Waals surface area (Å²) >= 11 is 0. The molecule has 0 unspecified atom stereocenters.